The summed E-state index contributed by atoms with van der Waals surface area (Å²) in [5.74, 6) is 0.576. The molecule has 2 aromatic rings. The summed E-state index contributed by atoms with van der Waals surface area (Å²) in [6.07, 6.45) is 1.07. The highest BCUT2D eigenvalue weighted by Crippen LogP contribution is 2.51. The van der Waals surface area contributed by atoms with Gasteiger partial charge < -0.3 is 15.0 Å². The number of ether oxygens (including phenoxy) is 1. The molecular formula is C21H25N3O2. The molecule has 0 aromatic heterocycles. The fourth-order valence-electron chi connectivity index (χ4n) is 4.54. The Morgan fingerprint density at radius 1 is 1.23 bits per heavy atom. The maximum atomic E-state index is 12.1. The Labute approximate surface area is 154 Å². The third-order valence-electron chi connectivity index (χ3n) is 5.79. The molecule has 2 aromatic carbocycles. The second-order valence-electron chi connectivity index (χ2n) is 7.54. The molecule has 4 rings (SSSR count). The highest BCUT2D eigenvalue weighted by Gasteiger charge is 2.52. The van der Waals surface area contributed by atoms with E-state index in [0.29, 0.717) is 18.5 Å². The fourth-order valence-corrected chi connectivity index (χ4v) is 4.54. The standard InChI is InChI=1S/C21H25N3O2/c1-21-11-12-23(2)19(21)24(3)18-13-16(9-10-17(18)21)26-20(25)22-14-15-7-5-4-6-8-15/h4-10,13,19H,11-12,14H2,1-3H3,(H,22,25)/t19-,21+/m1/s1. The Kier molecular flexibility index (Phi) is 4.11. The molecule has 136 valence electrons. The number of likely N-dealkylation sites (N-methyl/N-ethyl adjacent to an activating group) is 2. The summed E-state index contributed by atoms with van der Waals surface area (Å²) in [7, 11) is 4.29. The smallest absolute Gasteiger partial charge is 0.410 e. The number of rotatable bonds is 3. The summed E-state index contributed by atoms with van der Waals surface area (Å²) in [6, 6.07) is 15.8. The minimum atomic E-state index is -0.432. The predicted molar refractivity (Wildman–Crippen MR) is 103 cm³/mol. The molecule has 2 atom stereocenters. The molecular weight excluding hydrogens is 326 g/mol. The second-order valence-corrected chi connectivity index (χ2v) is 7.54. The molecule has 5 nitrogen and oxygen atoms in total. The summed E-state index contributed by atoms with van der Waals surface area (Å²) in [5, 5.41) is 2.80. The molecule has 0 spiro atoms. The average Bonchev–Trinajstić information content (AvgIpc) is 3.06. The first-order valence-electron chi connectivity index (χ1n) is 9.06. The molecule has 2 heterocycles. The van der Waals surface area contributed by atoms with Gasteiger partial charge >= 0.3 is 6.09 Å². The van der Waals surface area contributed by atoms with Gasteiger partial charge in [-0.1, -0.05) is 43.3 Å². The van der Waals surface area contributed by atoms with E-state index in [1.165, 1.54) is 5.56 Å². The van der Waals surface area contributed by atoms with Crippen molar-refractivity contribution >= 4 is 11.8 Å². The van der Waals surface area contributed by atoms with Gasteiger partial charge in [-0.3, -0.25) is 4.90 Å². The molecule has 2 aliphatic heterocycles. The zero-order valence-corrected chi connectivity index (χ0v) is 15.5. The van der Waals surface area contributed by atoms with Crippen molar-refractivity contribution in [3.8, 4) is 5.75 Å². The van der Waals surface area contributed by atoms with Crippen LogP contribution in [0, 0.1) is 0 Å². The number of amides is 1. The van der Waals surface area contributed by atoms with E-state index in [1.54, 1.807) is 0 Å². The first kappa shape index (κ1) is 16.9. The second kappa shape index (κ2) is 6.32. The average molecular weight is 351 g/mol. The molecule has 1 saturated heterocycles. The zero-order chi connectivity index (χ0) is 18.3. The third-order valence-corrected chi connectivity index (χ3v) is 5.79. The van der Waals surface area contributed by atoms with Crippen molar-refractivity contribution < 1.29 is 9.53 Å². The minimum Gasteiger partial charge on any atom is -0.410 e. The molecule has 26 heavy (non-hydrogen) atoms. The van der Waals surface area contributed by atoms with Crippen LogP contribution in [0.2, 0.25) is 0 Å². The van der Waals surface area contributed by atoms with E-state index in [0.717, 1.165) is 24.2 Å². The van der Waals surface area contributed by atoms with Gasteiger partial charge in [0.15, 0.2) is 0 Å². The Hall–Kier alpha value is -2.53. The number of nitrogens with zero attached hydrogens (tertiary/aromatic N) is 2. The topological polar surface area (TPSA) is 44.8 Å². The maximum absolute atomic E-state index is 12.1. The Morgan fingerprint density at radius 2 is 2.00 bits per heavy atom. The number of likely N-dealkylation sites (tertiary alicyclic amines) is 1. The summed E-state index contributed by atoms with van der Waals surface area (Å²) in [4.78, 5) is 16.8. The van der Waals surface area contributed by atoms with Crippen LogP contribution >= 0.6 is 0 Å². The molecule has 0 saturated carbocycles. The van der Waals surface area contributed by atoms with Crippen LogP contribution in [-0.2, 0) is 12.0 Å². The predicted octanol–water partition coefficient (Wildman–Crippen LogP) is 3.34. The summed E-state index contributed by atoms with van der Waals surface area (Å²) in [5.41, 5.74) is 3.66. The number of anilines is 1. The SMILES string of the molecule is CN1CC[C@@]2(C)c3ccc(OC(=O)NCc4ccccc4)cc3N(C)[C@@H]12. The van der Waals surface area contributed by atoms with Gasteiger partial charge in [-0.15, -0.1) is 0 Å². The Balaban J connectivity index is 1.47. The van der Waals surface area contributed by atoms with Crippen LogP contribution < -0.4 is 15.0 Å². The zero-order valence-electron chi connectivity index (χ0n) is 15.5. The quantitative estimate of drug-likeness (QED) is 0.921. The van der Waals surface area contributed by atoms with E-state index >= 15 is 0 Å². The Morgan fingerprint density at radius 3 is 2.77 bits per heavy atom. The van der Waals surface area contributed by atoms with Crippen LogP contribution in [0.4, 0.5) is 10.5 Å². The first-order valence-corrected chi connectivity index (χ1v) is 9.06. The van der Waals surface area contributed by atoms with Gasteiger partial charge in [0.1, 0.15) is 5.75 Å². The van der Waals surface area contributed by atoms with Gasteiger partial charge in [-0.25, -0.2) is 4.79 Å². The highest BCUT2D eigenvalue weighted by atomic mass is 16.6. The van der Waals surface area contributed by atoms with E-state index in [9.17, 15) is 4.79 Å². The molecule has 0 radical (unpaired) electrons. The van der Waals surface area contributed by atoms with Crippen LogP contribution in [-0.4, -0.2) is 37.8 Å². The maximum Gasteiger partial charge on any atom is 0.412 e. The van der Waals surface area contributed by atoms with Gasteiger partial charge in [0.2, 0.25) is 0 Å². The molecule has 1 fully saturated rings. The first-order chi connectivity index (χ1) is 12.5. The number of fused-ring (bicyclic) bond motifs is 3. The lowest BCUT2D eigenvalue weighted by atomic mass is 9.81. The normalized spacial score (nSPS) is 24.3. The molecule has 1 N–H and O–H groups in total. The minimum absolute atomic E-state index is 0.132. The van der Waals surface area contributed by atoms with Crippen LogP contribution in [0.5, 0.6) is 5.75 Å². The van der Waals surface area contributed by atoms with Crippen molar-refractivity contribution in [1.29, 1.82) is 0 Å². The van der Waals surface area contributed by atoms with E-state index in [4.69, 9.17) is 4.74 Å². The van der Waals surface area contributed by atoms with Crippen molar-refractivity contribution in [2.75, 3.05) is 25.5 Å². The summed E-state index contributed by atoms with van der Waals surface area (Å²) in [6.45, 7) is 3.89. The molecule has 5 heteroatoms. The number of nitrogens with one attached hydrogen (secondary N) is 1. The van der Waals surface area contributed by atoms with Crippen LogP contribution in [0.1, 0.15) is 24.5 Å². The van der Waals surface area contributed by atoms with Crippen molar-refractivity contribution in [1.82, 2.24) is 10.2 Å². The van der Waals surface area contributed by atoms with Crippen molar-refractivity contribution in [2.24, 2.45) is 0 Å². The van der Waals surface area contributed by atoms with Gasteiger partial charge in [0.25, 0.3) is 0 Å². The van der Waals surface area contributed by atoms with E-state index < -0.39 is 6.09 Å². The molecule has 0 bridgehead atoms. The highest BCUT2D eigenvalue weighted by molar-refractivity contribution is 5.73. The number of hydrogen-bond donors (Lipinski definition) is 1. The lowest BCUT2D eigenvalue weighted by molar-refractivity contribution is 0.200. The summed E-state index contributed by atoms with van der Waals surface area (Å²) < 4.78 is 5.50. The summed E-state index contributed by atoms with van der Waals surface area (Å²) >= 11 is 0. The number of carbonyl (C=O) groups is 1. The number of hydrogen-bond acceptors (Lipinski definition) is 4. The van der Waals surface area contributed by atoms with Gasteiger partial charge in [0.05, 0.1) is 6.17 Å². The molecule has 0 aliphatic carbocycles. The van der Waals surface area contributed by atoms with E-state index in [1.807, 2.05) is 42.5 Å². The molecule has 2 aliphatic rings. The lowest BCUT2D eigenvalue weighted by Gasteiger charge is -2.32. The van der Waals surface area contributed by atoms with Crippen LogP contribution in [0.25, 0.3) is 0 Å². The van der Waals surface area contributed by atoms with Gasteiger partial charge in [-0.2, -0.15) is 0 Å². The number of benzene rings is 2. The van der Waals surface area contributed by atoms with E-state index in [-0.39, 0.29) is 5.41 Å². The fraction of sp³-hybridized carbons (Fsp3) is 0.381. The largest absolute Gasteiger partial charge is 0.412 e. The van der Waals surface area contributed by atoms with Crippen molar-refractivity contribution in [2.45, 2.75) is 31.5 Å². The monoisotopic (exact) mass is 351 g/mol. The third kappa shape index (κ3) is 2.72. The van der Waals surface area contributed by atoms with Gasteiger partial charge in [0, 0.05) is 37.3 Å². The Bertz CT molecular complexity index is 823. The number of carbonyl (C=O) groups excluding carboxylic acids is 1. The molecule has 0 unspecified atom stereocenters. The van der Waals surface area contributed by atoms with Crippen molar-refractivity contribution in [3.63, 3.8) is 0 Å². The van der Waals surface area contributed by atoms with Crippen LogP contribution in [0.15, 0.2) is 48.5 Å². The molecule has 1 amide bonds. The lowest BCUT2D eigenvalue weighted by Crippen LogP contribution is -2.45. The van der Waals surface area contributed by atoms with Crippen molar-refractivity contribution in [3.05, 3.63) is 59.7 Å². The van der Waals surface area contributed by atoms with Gasteiger partial charge in [-0.05, 0) is 30.7 Å². The van der Waals surface area contributed by atoms with E-state index in [2.05, 4.69) is 42.2 Å². The van der Waals surface area contributed by atoms with Crippen LogP contribution in [0.3, 0.4) is 0 Å².